The minimum absolute atomic E-state index is 0.0966. The summed E-state index contributed by atoms with van der Waals surface area (Å²) in [6.07, 6.45) is -1.03. The highest BCUT2D eigenvalue weighted by Gasteiger charge is 2.38. The van der Waals surface area contributed by atoms with Crippen molar-refractivity contribution >= 4 is 11.3 Å². The largest absolute Gasteiger partial charge is 0.493 e. The number of aromatic nitrogens is 3. The van der Waals surface area contributed by atoms with Crippen LogP contribution < -0.4 is 4.74 Å². The van der Waals surface area contributed by atoms with Crippen LogP contribution in [0.3, 0.4) is 0 Å². The molecule has 0 spiro atoms. The van der Waals surface area contributed by atoms with Crippen LogP contribution in [0.1, 0.15) is 33.3 Å². The fraction of sp³-hybridized carbons (Fsp3) is 0.389. The van der Waals surface area contributed by atoms with E-state index in [4.69, 9.17) is 4.74 Å². The zero-order valence-electron chi connectivity index (χ0n) is 15.1. The predicted molar refractivity (Wildman–Crippen MR) is 94.9 cm³/mol. The predicted octanol–water partition coefficient (Wildman–Crippen LogP) is 5.15. The molecule has 3 aromatic rings. The summed E-state index contributed by atoms with van der Waals surface area (Å²) in [5.74, 6) is -0.731. The molecule has 0 fully saturated rings. The van der Waals surface area contributed by atoms with Crippen molar-refractivity contribution < 1.29 is 22.4 Å². The van der Waals surface area contributed by atoms with Gasteiger partial charge in [0, 0.05) is 16.6 Å². The number of alkyl halides is 3. The number of hydrogen-bond donors (Lipinski definition) is 0. The van der Waals surface area contributed by atoms with E-state index >= 15 is 0 Å². The Morgan fingerprint density at radius 2 is 1.85 bits per heavy atom. The lowest BCUT2D eigenvalue weighted by molar-refractivity contribution is -0.159. The first-order valence-electron chi connectivity index (χ1n) is 8.30. The average Bonchev–Trinajstić information content (AvgIpc) is 3.22. The maximum Gasteiger partial charge on any atom is 0.471 e. The van der Waals surface area contributed by atoms with Gasteiger partial charge in [-0.3, -0.25) is 0 Å². The average molecular weight is 397 g/mol. The molecule has 0 amide bonds. The van der Waals surface area contributed by atoms with E-state index in [2.05, 4.69) is 19.6 Å². The summed E-state index contributed by atoms with van der Waals surface area (Å²) in [4.78, 5) is 8.87. The first kappa shape index (κ1) is 19.3. The van der Waals surface area contributed by atoms with Crippen LogP contribution in [0.5, 0.6) is 5.75 Å². The first-order valence-corrected chi connectivity index (χ1v) is 9.12. The third-order valence-corrected chi connectivity index (χ3v) is 4.84. The Kier molecular flexibility index (Phi) is 5.50. The number of ether oxygens (including phenoxy) is 1. The van der Waals surface area contributed by atoms with Crippen LogP contribution in [0, 0.1) is 20.8 Å². The van der Waals surface area contributed by atoms with E-state index in [1.165, 1.54) is 4.88 Å². The quantitative estimate of drug-likeness (QED) is 0.539. The fourth-order valence-corrected chi connectivity index (χ4v) is 3.54. The van der Waals surface area contributed by atoms with Gasteiger partial charge in [0.15, 0.2) is 0 Å². The third-order valence-electron chi connectivity index (χ3n) is 3.87. The SMILES string of the molecule is Cc1ncc(CCCOc2c(C)cc(-c3noc(C(F)(F)F)n3)cc2C)s1. The van der Waals surface area contributed by atoms with Crippen LogP contribution in [0.15, 0.2) is 22.9 Å². The van der Waals surface area contributed by atoms with Crippen molar-refractivity contribution in [3.05, 3.63) is 45.2 Å². The van der Waals surface area contributed by atoms with Crippen molar-refractivity contribution in [1.82, 2.24) is 15.1 Å². The molecule has 0 aliphatic rings. The number of aryl methyl sites for hydroxylation is 4. The van der Waals surface area contributed by atoms with E-state index in [9.17, 15) is 13.2 Å². The second-order valence-corrected chi connectivity index (χ2v) is 7.48. The Labute approximate surface area is 158 Å². The minimum atomic E-state index is -4.66. The minimum Gasteiger partial charge on any atom is -0.493 e. The molecule has 5 nitrogen and oxygen atoms in total. The van der Waals surface area contributed by atoms with Crippen molar-refractivity contribution in [3.8, 4) is 17.1 Å². The van der Waals surface area contributed by atoms with E-state index in [1.807, 2.05) is 27.0 Å². The van der Waals surface area contributed by atoms with Gasteiger partial charge in [0.2, 0.25) is 5.82 Å². The first-order chi connectivity index (χ1) is 12.7. The molecule has 0 saturated carbocycles. The normalized spacial score (nSPS) is 11.8. The number of rotatable bonds is 6. The second-order valence-electron chi connectivity index (χ2n) is 6.16. The number of halogens is 3. The van der Waals surface area contributed by atoms with Gasteiger partial charge in [-0.25, -0.2) is 4.98 Å². The third kappa shape index (κ3) is 4.65. The van der Waals surface area contributed by atoms with Gasteiger partial charge in [0.25, 0.3) is 0 Å². The zero-order valence-corrected chi connectivity index (χ0v) is 15.9. The van der Waals surface area contributed by atoms with Crippen molar-refractivity contribution in [3.63, 3.8) is 0 Å². The topological polar surface area (TPSA) is 61.0 Å². The molecule has 0 atom stereocenters. The molecular formula is C18H18F3N3O2S. The Morgan fingerprint density at radius 1 is 1.15 bits per heavy atom. The van der Waals surface area contributed by atoms with Crippen LogP contribution in [-0.2, 0) is 12.6 Å². The lowest BCUT2D eigenvalue weighted by Gasteiger charge is -2.13. The molecule has 0 aliphatic carbocycles. The smallest absolute Gasteiger partial charge is 0.471 e. The molecule has 0 N–H and O–H groups in total. The Bertz CT molecular complexity index is 911. The molecule has 0 aliphatic heterocycles. The summed E-state index contributed by atoms with van der Waals surface area (Å²) in [6.45, 7) is 6.19. The van der Waals surface area contributed by atoms with Crippen LogP contribution in [0.4, 0.5) is 13.2 Å². The molecule has 0 radical (unpaired) electrons. The number of nitrogens with zero attached hydrogens (tertiary/aromatic N) is 3. The van der Waals surface area contributed by atoms with Gasteiger partial charge in [-0.2, -0.15) is 18.2 Å². The van der Waals surface area contributed by atoms with Crippen LogP contribution in [0.2, 0.25) is 0 Å². The fourth-order valence-electron chi connectivity index (χ4n) is 2.70. The van der Waals surface area contributed by atoms with E-state index in [0.717, 1.165) is 34.7 Å². The Morgan fingerprint density at radius 3 is 2.41 bits per heavy atom. The summed E-state index contributed by atoms with van der Waals surface area (Å²) in [5.41, 5.74) is 2.06. The molecule has 1 aromatic carbocycles. The highest BCUT2D eigenvalue weighted by atomic mass is 32.1. The maximum atomic E-state index is 12.6. The molecule has 3 rings (SSSR count). The van der Waals surface area contributed by atoms with Crippen molar-refractivity contribution in [2.75, 3.05) is 6.61 Å². The standard InChI is InChI=1S/C18H18F3N3O2S/c1-10-7-13(16-23-17(26-24-16)18(19,20)21)8-11(2)15(10)25-6-4-5-14-9-22-12(3)27-14/h7-9H,4-6H2,1-3H3. The Hall–Kier alpha value is -2.42. The number of benzene rings is 1. The monoisotopic (exact) mass is 397 g/mol. The maximum absolute atomic E-state index is 12.6. The van der Waals surface area contributed by atoms with Crippen LogP contribution in [-0.4, -0.2) is 21.7 Å². The number of hydrogen-bond acceptors (Lipinski definition) is 6. The zero-order chi connectivity index (χ0) is 19.6. The lowest BCUT2D eigenvalue weighted by atomic mass is 10.1. The summed E-state index contributed by atoms with van der Waals surface area (Å²) < 4.78 is 48.0. The summed E-state index contributed by atoms with van der Waals surface area (Å²) in [5, 5.41) is 4.47. The van der Waals surface area contributed by atoms with Crippen LogP contribution >= 0.6 is 11.3 Å². The van der Waals surface area contributed by atoms with Crippen LogP contribution in [0.25, 0.3) is 11.4 Å². The summed E-state index contributed by atoms with van der Waals surface area (Å²) in [6, 6.07) is 3.39. The molecule has 2 aromatic heterocycles. The highest BCUT2D eigenvalue weighted by molar-refractivity contribution is 7.11. The van der Waals surface area contributed by atoms with Gasteiger partial charge in [-0.05, 0) is 56.9 Å². The van der Waals surface area contributed by atoms with Gasteiger partial charge in [0.1, 0.15) is 5.75 Å². The van der Waals surface area contributed by atoms with Gasteiger partial charge in [0.05, 0.1) is 11.6 Å². The lowest BCUT2D eigenvalue weighted by Crippen LogP contribution is -2.05. The molecule has 144 valence electrons. The molecule has 9 heteroatoms. The molecule has 0 unspecified atom stereocenters. The van der Waals surface area contributed by atoms with E-state index in [0.29, 0.717) is 12.2 Å². The molecule has 0 bridgehead atoms. The molecule has 2 heterocycles. The molecule has 0 saturated heterocycles. The molecular weight excluding hydrogens is 379 g/mol. The highest BCUT2D eigenvalue weighted by Crippen LogP contribution is 2.32. The molecule has 27 heavy (non-hydrogen) atoms. The van der Waals surface area contributed by atoms with Crippen molar-refractivity contribution in [2.24, 2.45) is 0 Å². The van der Waals surface area contributed by atoms with Gasteiger partial charge < -0.3 is 9.26 Å². The Balaban J connectivity index is 1.66. The second kappa shape index (κ2) is 7.67. The van der Waals surface area contributed by atoms with Crippen molar-refractivity contribution in [1.29, 1.82) is 0 Å². The van der Waals surface area contributed by atoms with E-state index in [-0.39, 0.29) is 5.82 Å². The van der Waals surface area contributed by atoms with Crippen molar-refractivity contribution in [2.45, 2.75) is 39.8 Å². The summed E-state index contributed by atoms with van der Waals surface area (Å²) >= 11 is 1.67. The summed E-state index contributed by atoms with van der Waals surface area (Å²) in [7, 11) is 0. The van der Waals surface area contributed by atoms with Gasteiger partial charge in [-0.15, -0.1) is 11.3 Å². The van der Waals surface area contributed by atoms with Gasteiger partial charge in [-0.1, -0.05) is 5.16 Å². The van der Waals surface area contributed by atoms with Gasteiger partial charge >= 0.3 is 12.1 Å². The van der Waals surface area contributed by atoms with E-state index < -0.39 is 12.1 Å². The number of thiazole rings is 1. The van der Waals surface area contributed by atoms with E-state index in [1.54, 1.807) is 23.5 Å².